The van der Waals surface area contributed by atoms with Gasteiger partial charge in [-0.05, 0) is 31.2 Å². The van der Waals surface area contributed by atoms with Crippen LogP contribution in [0, 0.1) is 6.92 Å². The van der Waals surface area contributed by atoms with Gasteiger partial charge in [-0.2, -0.15) is 4.31 Å². The summed E-state index contributed by atoms with van der Waals surface area (Å²) in [5.41, 5.74) is 0.270. The summed E-state index contributed by atoms with van der Waals surface area (Å²) < 4.78 is 42.3. The second-order valence-corrected chi connectivity index (χ2v) is 9.64. The number of benzene rings is 1. The Kier molecular flexibility index (Phi) is 7.08. The number of aryl methyl sites for hydroxylation is 1. The number of carbonyl (C=O) groups excluding carboxylic acids is 2. The normalized spacial score (nSPS) is 14.9. The summed E-state index contributed by atoms with van der Waals surface area (Å²) in [5, 5.41) is 2.57. The molecule has 3 rings (SSSR count). The number of nitrogens with one attached hydrogen (secondary N) is 1. The monoisotopic (exact) mass is 454 g/mol. The molecule has 1 saturated heterocycles. The maximum atomic E-state index is 12.8. The third-order valence-electron chi connectivity index (χ3n) is 4.33. The molecular formula is C19H22N2O7S2. The standard InChI is InChI=1S/C19H22N2O7S2/c1-13-3-6-17(29-13)19(23)28-12-18(22)20-15-5-4-14(11-16(15)26-2)30(24,25)21-7-9-27-10-8-21/h3-6,11H,7-10,12H2,1-2H3,(H,20,22). The van der Waals surface area contributed by atoms with Crippen LogP contribution in [0.5, 0.6) is 5.75 Å². The van der Waals surface area contributed by atoms with Crippen LogP contribution in [0.3, 0.4) is 0 Å². The van der Waals surface area contributed by atoms with Gasteiger partial charge in [0.05, 0.1) is 30.9 Å². The number of ether oxygens (including phenoxy) is 3. The van der Waals surface area contributed by atoms with Crippen molar-refractivity contribution in [3.05, 3.63) is 40.1 Å². The number of carbonyl (C=O) groups is 2. The number of rotatable bonds is 7. The molecule has 1 aromatic carbocycles. The Morgan fingerprint density at radius 2 is 1.93 bits per heavy atom. The molecule has 9 nitrogen and oxygen atoms in total. The number of nitrogens with zero attached hydrogens (tertiary/aromatic N) is 1. The van der Waals surface area contributed by atoms with Gasteiger partial charge in [-0.25, -0.2) is 13.2 Å². The first-order valence-electron chi connectivity index (χ1n) is 9.10. The fourth-order valence-corrected chi connectivity index (χ4v) is 4.99. The van der Waals surface area contributed by atoms with Crippen LogP contribution in [0.15, 0.2) is 35.2 Å². The van der Waals surface area contributed by atoms with Crippen molar-refractivity contribution in [2.45, 2.75) is 11.8 Å². The zero-order chi connectivity index (χ0) is 21.7. The molecule has 0 saturated carbocycles. The van der Waals surface area contributed by atoms with E-state index < -0.39 is 28.5 Å². The molecule has 162 valence electrons. The lowest BCUT2D eigenvalue weighted by atomic mass is 10.3. The molecule has 1 aliphatic rings. The molecule has 30 heavy (non-hydrogen) atoms. The minimum atomic E-state index is -3.70. The molecule has 1 N–H and O–H groups in total. The summed E-state index contributed by atoms with van der Waals surface area (Å²) in [4.78, 5) is 25.5. The molecule has 1 aromatic heterocycles. The molecule has 0 unspecified atom stereocenters. The predicted molar refractivity (Wildman–Crippen MR) is 111 cm³/mol. The maximum absolute atomic E-state index is 12.8. The van der Waals surface area contributed by atoms with Crippen LogP contribution in [0.4, 0.5) is 5.69 Å². The third kappa shape index (κ3) is 5.17. The smallest absolute Gasteiger partial charge is 0.348 e. The highest BCUT2D eigenvalue weighted by Gasteiger charge is 2.27. The van der Waals surface area contributed by atoms with E-state index in [2.05, 4.69) is 5.32 Å². The summed E-state index contributed by atoms with van der Waals surface area (Å²) in [6.45, 7) is 2.62. The van der Waals surface area contributed by atoms with E-state index in [0.717, 1.165) is 4.88 Å². The number of hydrogen-bond acceptors (Lipinski definition) is 8. The third-order valence-corrected chi connectivity index (χ3v) is 7.21. The first kappa shape index (κ1) is 22.2. The molecule has 2 aromatic rings. The molecule has 0 atom stereocenters. The van der Waals surface area contributed by atoms with E-state index in [1.54, 1.807) is 12.1 Å². The van der Waals surface area contributed by atoms with Gasteiger partial charge in [0.25, 0.3) is 5.91 Å². The summed E-state index contributed by atoms with van der Waals surface area (Å²) in [6, 6.07) is 7.61. The average molecular weight is 455 g/mol. The highest BCUT2D eigenvalue weighted by Crippen LogP contribution is 2.29. The molecule has 2 heterocycles. The largest absolute Gasteiger partial charge is 0.495 e. The van der Waals surface area contributed by atoms with Crippen molar-refractivity contribution in [3.63, 3.8) is 0 Å². The van der Waals surface area contributed by atoms with Crippen molar-refractivity contribution in [3.8, 4) is 5.75 Å². The van der Waals surface area contributed by atoms with Gasteiger partial charge in [-0.1, -0.05) is 0 Å². The van der Waals surface area contributed by atoms with Crippen LogP contribution in [0.25, 0.3) is 0 Å². The Bertz CT molecular complexity index is 1030. The SMILES string of the molecule is COc1cc(S(=O)(=O)N2CCOCC2)ccc1NC(=O)COC(=O)c1ccc(C)s1. The Morgan fingerprint density at radius 1 is 1.20 bits per heavy atom. The van der Waals surface area contributed by atoms with Gasteiger partial charge in [0.2, 0.25) is 10.0 Å². The molecule has 1 amide bonds. The van der Waals surface area contributed by atoms with E-state index in [4.69, 9.17) is 14.2 Å². The Hall–Kier alpha value is -2.47. The summed E-state index contributed by atoms with van der Waals surface area (Å²) in [5.74, 6) is -0.973. The molecule has 0 spiro atoms. The molecule has 1 fully saturated rings. The van der Waals surface area contributed by atoms with E-state index in [1.165, 1.54) is 41.0 Å². The number of esters is 1. The van der Waals surface area contributed by atoms with E-state index in [-0.39, 0.29) is 29.4 Å². The van der Waals surface area contributed by atoms with Gasteiger partial charge in [-0.3, -0.25) is 4.79 Å². The van der Waals surface area contributed by atoms with Crippen molar-refractivity contribution in [2.75, 3.05) is 45.3 Å². The minimum Gasteiger partial charge on any atom is -0.495 e. The Balaban J connectivity index is 1.66. The molecular weight excluding hydrogens is 432 g/mol. The number of hydrogen-bond donors (Lipinski definition) is 1. The number of amides is 1. The second kappa shape index (κ2) is 9.56. The van der Waals surface area contributed by atoms with Crippen molar-refractivity contribution >= 4 is 38.9 Å². The van der Waals surface area contributed by atoms with Crippen LogP contribution < -0.4 is 10.1 Å². The van der Waals surface area contributed by atoms with Gasteiger partial charge in [0.1, 0.15) is 10.6 Å². The van der Waals surface area contributed by atoms with Gasteiger partial charge in [0, 0.05) is 24.0 Å². The van der Waals surface area contributed by atoms with Gasteiger partial charge in [0.15, 0.2) is 6.61 Å². The van der Waals surface area contributed by atoms with E-state index in [0.29, 0.717) is 18.1 Å². The quantitative estimate of drug-likeness (QED) is 0.636. The first-order chi connectivity index (χ1) is 14.3. The second-order valence-electron chi connectivity index (χ2n) is 6.41. The van der Waals surface area contributed by atoms with Crippen LogP contribution in [-0.4, -0.2) is 64.6 Å². The minimum absolute atomic E-state index is 0.0544. The lowest BCUT2D eigenvalue weighted by Gasteiger charge is -2.26. The lowest BCUT2D eigenvalue weighted by Crippen LogP contribution is -2.40. The summed E-state index contributed by atoms with van der Waals surface area (Å²) in [6.07, 6.45) is 0. The first-order valence-corrected chi connectivity index (χ1v) is 11.4. The Labute approximate surface area is 178 Å². The zero-order valence-electron chi connectivity index (χ0n) is 16.5. The fourth-order valence-electron chi connectivity index (χ4n) is 2.80. The van der Waals surface area contributed by atoms with Gasteiger partial charge < -0.3 is 19.5 Å². The number of methoxy groups -OCH3 is 1. The molecule has 11 heteroatoms. The summed E-state index contributed by atoms with van der Waals surface area (Å²) >= 11 is 1.28. The van der Waals surface area contributed by atoms with Crippen LogP contribution in [0.2, 0.25) is 0 Å². The Morgan fingerprint density at radius 3 is 2.57 bits per heavy atom. The van der Waals surface area contributed by atoms with Crippen molar-refractivity contribution in [1.29, 1.82) is 0 Å². The van der Waals surface area contributed by atoms with E-state index in [9.17, 15) is 18.0 Å². The summed E-state index contributed by atoms with van der Waals surface area (Å²) in [7, 11) is -2.33. The number of anilines is 1. The fraction of sp³-hybridized carbons (Fsp3) is 0.368. The van der Waals surface area contributed by atoms with Crippen molar-refractivity contribution in [1.82, 2.24) is 4.31 Å². The van der Waals surface area contributed by atoms with Gasteiger partial charge >= 0.3 is 5.97 Å². The topological polar surface area (TPSA) is 111 Å². The van der Waals surface area contributed by atoms with E-state index in [1.807, 2.05) is 6.92 Å². The number of thiophene rings is 1. The zero-order valence-corrected chi connectivity index (χ0v) is 18.2. The number of sulfonamides is 1. The molecule has 0 aliphatic carbocycles. The molecule has 0 radical (unpaired) electrons. The lowest BCUT2D eigenvalue weighted by molar-refractivity contribution is -0.119. The van der Waals surface area contributed by atoms with Crippen LogP contribution in [-0.2, 0) is 24.3 Å². The van der Waals surface area contributed by atoms with Crippen LogP contribution in [0.1, 0.15) is 14.5 Å². The van der Waals surface area contributed by atoms with Crippen molar-refractivity contribution < 1.29 is 32.2 Å². The van der Waals surface area contributed by atoms with Crippen LogP contribution >= 0.6 is 11.3 Å². The average Bonchev–Trinajstić information content (AvgIpc) is 3.19. The molecule has 1 aliphatic heterocycles. The van der Waals surface area contributed by atoms with Gasteiger partial charge in [-0.15, -0.1) is 11.3 Å². The number of morpholine rings is 1. The maximum Gasteiger partial charge on any atom is 0.348 e. The predicted octanol–water partition coefficient (Wildman–Crippen LogP) is 1.88. The van der Waals surface area contributed by atoms with E-state index >= 15 is 0 Å². The molecule has 0 bridgehead atoms. The highest BCUT2D eigenvalue weighted by molar-refractivity contribution is 7.89. The highest BCUT2D eigenvalue weighted by atomic mass is 32.2. The van der Waals surface area contributed by atoms with Crippen molar-refractivity contribution in [2.24, 2.45) is 0 Å².